The number of nitrogens with two attached hydrogens (primary N) is 1. The SMILES string of the molecule is CCCNS(=O)(=O)c1ccc(OCC(N)=O)cc1. The van der Waals surface area contributed by atoms with Crippen LogP contribution in [-0.4, -0.2) is 27.5 Å². The average molecular weight is 272 g/mol. The fourth-order valence-electron chi connectivity index (χ4n) is 1.19. The number of hydrogen-bond acceptors (Lipinski definition) is 4. The minimum Gasteiger partial charge on any atom is -0.484 e. The maximum atomic E-state index is 11.7. The molecule has 6 nitrogen and oxygen atoms in total. The van der Waals surface area contributed by atoms with E-state index in [1.165, 1.54) is 24.3 Å². The van der Waals surface area contributed by atoms with Gasteiger partial charge in [-0.05, 0) is 30.7 Å². The predicted octanol–water partition coefficient (Wildman–Crippen LogP) is 0.239. The Kier molecular flexibility index (Phi) is 5.11. The van der Waals surface area contributed by atoms with Gasteiger partial charge in [0, 0.05) is 6.54 Å². The molecular weight excluding hydrogens is 256 g/mol. The number of primary amides is 1. The zero-order chi connectivity index (χ0) is 13.6. The molecule has 0 fully saturated rings. The van der Waals surface area contributed by atoms with Crippen molar-refractivity contribution in [1.29, 1.82) is 0 Å². The smallest absolute Gasteiger partial charge is 0.255 e. The van der Waals surface area contributed by atoms with E-state index in [1.54, 1.807) is 0 Å². The standard InChI is InChI=1S/C11H16N2O4S/c1-2-7-13-18(15,16)10-5-3-9(4-6-10)17-8-11(12)14/h3-6,13H,2,7-8H2,1H3,(H2,12,14). The number of hydrogen-bond donors (Lipinski definition) is 2. The molecule has 1 aromatic carbocycles. The first-order valence-electron chi connectivity index (χ1n) is 5.46. The molecule has 7 heteroatoms. The van der Waals surface area contributed by atoms with Crippen molar-refractivity contribution in [2.75, 3.05) is 13.2 Å². The number of sulfonamides is 1. The molecule has 100 valence electrons. The molecule has 3 N–H and O–H groups in total. The number of amides is 1. The van der Waals surface area contributed by atoms with Crippen LogP contribution in [0.5, 0.6) is 5.75 Å². The van der Waals surface area contributed by atoms with E-state index in [0.717, 1.165) is 6.42 Å². The van der Waals surface area contributed by atoms with E-state index in [4.69, 9.17) is 10.5 Å². The van der Waals surface area contributed by atoms with Gasteiger partial charge in [-0.15, -0.1) is 0 Å². The van der Waals surface area contributed by atoms with Crippen LogP contribution in [-0.2, 0) is 14.8 Å². The van der Waals surface area contributed by atoms with E-state index in [9.17, 15) is 13.2 Å². The molecular formula is C11H16N2O4S. The molecule has 0 bridgehead atoms. The lowest BCUT2D eigenvalue weighted by atomic mass is 10.3. The number of carbonyl (C=O) groups is 1. The summed E-state index contributed by atoms with van der Waals surface area (Å²) < 4.78 is 31.0. The summed E-state index contributed by atoms with van der Waals surface area (Å²) in [5.41, 5.74) is 4.92. The Bertz CT molecular complexity index is 496. The average Bonchev–Trinajstić information content (AvgIpc) is 2.34. The Morgan fingerprint density at radius 2 is 1.94 bits per heavy atom. The molecule has 1 rings (SSSR count). The van der Waals surface area contributed by atoms with E-state index >= 15 is 0 Å². The Morgan fingerprint density at radius 3 is 2.44 bits per heavy atom. The quantitative estimate of drug-likeness (QED) is 0.742. The molecule has 0 aromatic heterocycles. The first-order chi connectivity index (χ1) is 8.45. The maximum Gasteiger partial charge on any atom is 0.255 e. The predicted molar refractivity (Wildman–Crippen MR) is 66.6 cm³/mol. The van der Waals surface area contributed by atoms with Crippen LogP contribution >= 0.6 is 0 Å². The fourth-order valence-corrected chi connectivity index (χ4v) is 2.32. The number of nitrogens with one attached hydrogen (secondary N) is 1. The fraction of sp³-hybridized carbons (Fsp3) is 0.364. The van der Waals surface area contributed by atoms with E-state index in [1.807, 2.05) is 6.92 Å². The number of ether oxygens (including phenoxy) is 1. The lowest BCUT2D eigenvalue weighted by Crippen LogP contribution is -2.24. The minimum absolute atomic E-state index is 0.155. The van der Waals surface area contributed by atoms with Crippen molar-refractivity contribution in [2.45, 2.75) is 18.2 Å². The van der Waals surface area contributed by atoms with Crippen LogP contribution in [0.1, 0.15) is 13.3 Å². The minimum atomic E-state index is -3.47. The summed E-state index contributed by atoms with van der Waals surface area (Å²) in [6.07, 6.45) is 0.721. The number of carbonyl (C=O) groups excluding carboxylic acids is 1. The largest absolute Gasteiger partial charge is 0.484 e. The van der Waals surface area contributed by atoms with Gasteiger partial charge >= 0.3 is 0 Å². The van der Waals surface area contributed by atoms with Gasteiger partial charge in [0.2, 0.25) is 10.0 Å². The van der Waals surface area contributed by atoms with Crippen LogP contribution < -0.4 is 15.2 Å². The first-order valence-corrected chi connectivity index (χ1v) is 6.95. The molecule has 0 atom stereocenters. The van der Waals surface area contributed by atoms with Gasteiger partial charge in [-0.2, -0.15) is 0 Å². The highest BCUT2D eigenvalue weighted by atomic mass is 32.2. The molecule has 0 aliphatic carbocycles. The van der Waals surface area contributed by atoms with Gasteiger partial charge in [0.1, 0.15) is 5.75 Å². The maximum absolute atomic E-state index is 11.7. The molecule has 0 unspecified atom stereocenters. The Hall–Kier alpha value is -1.60. The molecule has 1 amide bonds. The third-order valence-corrected chi connectivity index (χ3v) is 3.53. The zero-order valence-corrected chi connectivity index (χ0v) is 10.9. The highest BCUT2D eigenvalue weighted by Crippen LogP contribution is 2.15. The van der Waals surface area contributed by atoms with Crippen molar-refractivity contribution in [2.24, 2.45) is 5.73 Å². The third kappa shape index (κ3) is 4.34. The lowest BCUT2D eigenvalue weighted by Gasteiger charge is -2.07. The van der Waals surface area contributed by atoms with Crippen molar-refractivity contribution < 1.29 is 17.9 Å². The monoisotopic (exact) mass is 272 g/mol. The molecule has 1 aromatic rings. The van der Waals surface area contributed by atoms with Gasteiger partial charge in [-0.3, -0.25) is 4.79 Å². The van der Waals surface area contributed by atoms with E-state index in [0.29, 0.717) is 12.3 Å². The zero-order valence-electron chi connectivity index (χ0n) is 10.0. The molecule has 0 aliphatic heterocycles. The highest BCUT2D eigenvalue weighted by molar-refractivity contribution is 7.89. The summed E-state index contributed by atoms with van der Waals surface area (Å²) >= 11 is 0. The van der Waals surface area contributed by atoms with Crippen molar-refractivity contribution in [3.05, 3.63) is 24.3 Å². The van der Waals surface area contributed by atoms with E-state index in [2.05, 4.69) is 4.72 Å². The van der Waals surface area contributed by atoms with Gasteiger partial charge in [-0.25, -0.2) is 13.1 Å². The molecule has 18 heavy (non-hydrogen) atoms. The van der Waals surface area contributed by atoms with E-state index in [-0.39, 0.29) is 11.5 Å². The van der Waals surface area contributed by atoms with Gasteiger partial charge in [0.15, 0.2) is 6.61 Å². The van der Waals surface area contributed by atoms with Crippen LogP contribution in [0.15, 0.2) is 29.2 Å². The topological polar surface area (TPSA) is 98.5 Å². The molecule has 0 aliphatic rings. The summed E-state index contributed by atoms with van der Waals surface area (Å²) in [5.74, 6) is -0.195. The van der Waals surface area contributed by atoms with Crippen molar-refractivity contribution in [3.63, 3.8) is 0 Å². The first kappa shape index (κ1) is 14.5. The van der Waals surface area contributed by atoms with E-state index < -0.39 is 15.9 Å². The van der Waals surface area contributed by atoms with Gasteiger partial charge in [-0.1, -0.05) is 6.92 Å². The second-order valence-corrected chi connectivity index (χ2v) is 5.39. The summed E-state index contributed by atoms with van der Waals surface area (Å²) in [7, 11) is -3.47. The number of benzene rings is 1. The molecule has 0 saturated carbocycles. The highest BCUT2D eigenvalue weighted by Gasteiger charge is 2.12. The van der Waals surface area contributed by atoms with Gasteiger partial charge in [0.05, 0.1) is 4.90 Å². The van der Waals surface area contributed by atoms with Crippen molar-refractivity contribution >= 4 is 15.9 Å². The summed E-state index contributed by atoms with van der Waals surface area (Å²) in [5, 5.41) is 0. The molecule has 0 heterocycles. The van der Waals surface area contributed by atoms with Crippen LogP contribution in [0.3, 0.4) is 0 Å². The Morgan fingerprint density at radius 1 is 1.33 bits per heavy atom. The summed E-state index contributed by atoms with van der Waals surface area (Å²) in [6.45, 7) is 2.03. The van der Waals surface area contributed by atoms with Crippen LogP contribution in [0.2, 0.25) is 0 Å². The summed E-state index contributed by atoms with van der Waals surface area (Å²) in [6, 6.07) is 5.77. The lowest BCUT2D eigenvalue weighted by molar-refractivity contribution is -0.119. The normalized spacial score (nSPS) is 11.2. The van der Waals surface area contributed by atoms with Gasteiger partial charge < -0.3 is 10.5 Å². The molecule has 0 radical (unpaired) electrons. The molecule has 0 spiro atoms. The third-order valence-electron chi connectivity index (χ3n) is 2.06. The van der Waals surface area contributed by atoms with Gasteiger partial charge in [0.25, 0.3) is 5.91 Å². The Balaban J connectivity index is 2.73. The van der Waals surface area contributed by atoms with Crippen molar-refractivity contribution in [1.82, 2.24) is 4.72 Å². The Labute approximate surface area is 106 Å². The van der Waals surface area contributed by atoms with Crippen molar-refractivity contribution in [3.8, 4) is 5.75 Å². The molecule has 0 saturated heterocycles. The number of rotatable bonds is 7. The second-order valence-electron chi connectivity index (χ2n) is 3.62. The van der Waals surface area contributed by atoms with Crippen LogP contribution in [0, 0.1) is 0 Å². The second kappa shape index (κ2) is 6.36. The van der Waals surface area contributed by atoms with Crippen LogP contribution in [0.25, 0.3) is 0 Å². The van der Waals surface area contributed by atoms with Crippen LogP contribution in [0.4, 0.5) is 0 Å². The summed E-state index contributed by atoms with van der Waals surface area (Å²) in [4.78, 5) is 10.7.